The molecule has 6 rings (SSSR count). The fourth-order valence-corrected chi connectivity index (χ4v) is 6.36. The number of carboxylic acid groups (broad SMARTS) is 4. The Hall–Kier alpha value is -8.02. The number of rotatable bonds is 12. The fraction of sp³-hybridized carbons (Fsp3) is 0.0811. The minimum absolute atomic E-state index is 0.0864. The zero-order chi connectivity index (χ0) is 40.0. The standard InChI is InChI=1S/C37H20O18/c38-26(39)15-36(37(33(46)47,34(48)49)35(50)51,18-3-7-20(8-4-18)52-27(40)16-1-11-22-24(13-16)31(44)54-29(22)42)19-5-9-21(10-6-19)53-28(41)17-2-12-23-25(14-17)32(45)55-30(23)43/h1-14H,15H2,(H,38,39)(H,46,47)(H,48,49)(H,50,51). The van der Waals surface area contributed by atoms with E-state index in [0.717, 1.165) is 72.8 Å². The van der Waals surface area contributed by atoms with Crippen LogP contribution in [-0.2, 0) is 34.1 Å². The van der Waals surface area contributed by atoms with Gasteiger partial charge in [0.05, 0.1) is 45.2 Å². The second-order valence-electron chi connectivity index (χ2n) is 11.8. The van der Waals surface area contributed by atoms with Gasteiger partial charge in [0.2, 0.25) is 0 Å². The molecule has 55 heavy (non-hydrogen) atoms. The smallest absolute Gasteiger partial charge is 0.346 e. The van der Waals surface area contributed by atoms with Gasteiger partial charge in [-0.2, -0.15) is 0 Å². The average Bonchev–Trinajstić information content (AvgIpc) is 3.59. The molecule has 4 aromatic carbocycles. The monoisotopic (exact) mass is 752 g/mol. The largest absolute Gasteiger partial charge is 0.481 e. The highest BCUT2D eigenvalue weighted by Gasteiger charge is 2.70. The van der Waals surface area contributed by atoms with Crippen LogP contribution in [0.15, 0.2) is 84.9 Å². The number of carbonyl (C=O) groups excluding carboxylic acids is 6. The maximum Gasteiger partial charge on any atom is 0.346 e. The summed E-state index contributed by atoms with van der Waals surface area (Å²) in [5.41, 5.74) is -8.88. The highest BCUT2D eigenvalue weighted by Crippen LogP contribution is 2.52. The first-order chi connectivity index (χ1) is 26.0. The van der Waals surface area contributed by atoms with Crippen molar-refractivity contribution < 1.29 is 87.3 Å². The van der Waals surface area contributed by atoms with E-state index in [1.54, 1.807) is 0 Å². The van der Waals surface area contributed by atoms with Gasteiger partial charge < -0.3 is 39.4 Å². The fourth-order valence-electron chi connectivity index (χ4n) is 6.36. The van der Waals surface area contributed by atoms with Crippen LogP contribution in [0.3, 0.4) is 0 Å². The predicted octanol–water partition coefficient (Wildman–Crippen LogP) is 2.75. The van der Waals surface area contributed by atoms with Gasteiger partial charge in [0.25, 0.3) is 5.41 Å². The Morgan fingerprint density at radius 1 is 0.491 bits per heavy atom. The molecule has 4 N–H and O–H groups in total. The zero-order valence-electron chi connectivity index (χ0n) is 27.3. The maximum absolute atomic E-state index is 12.9. The molecule has 0 aliphatic carbocycles. The first-order valence-electron chi connectivity index (χ1n) is 15.4. The molecule has 0 fully saturated rings. The lowest BCUT2D eigenvalue weighted by molar-refractivity contribution is -0.181. The summed E-state index contributed by atoms with van der Waals surface area (Å²) in [4.78, 5) is 124. The lowest BCUT2D eigenvalue weighted by Gasteiger charge is -2.42. The molecule has 0 aromatic heterocycles. The molecule has 0 saturated heterocycles. The van der Waals surface area contributed by atoms with Gasteiger partial charge in [-0.1, -0.05) is 24.3 Å². The number of carbonyl (C=O) groups is 10. The van der Waals surface area contributed by atoms with Crippen molar-refractivity contribution in [1.82, 2.24) is 0 Å². The Morgan fingerprint density at radius 2 is 0.836 bits per heavy atom. The van der Waals surface area contributed by atoms with E-state index in [-0.39, 0.29) is 44.9 Å². The Morgan fingerprint density at radius 3 is 1.16 bits per heavy atom. The van der Waals surface area contributed by atoms with Crippen molar-refractivity contribution in [3.63, 3.8) is 0 Å². The van der Waals surface area contributed by atoms with E-state index in [0.29, 0.717) is 0 Å². The van der Waals surface area contributed by atoms with E-state index < -0.39 is 88.1 Å². The van der Waals surface area contributed by atoms with Crippen molar-refractivity contribution in [2.24, 2.45) is 5.41 Å². The number of aliphatic carboxylic acids is 4. The van der Waals surface area contributed by atoms with E-state index in [2.05, 4.69) is 9.47 Å². The third-order valence-corrected chi connectivity index (χ3v) is 8.90. The first kappa shape index (κ1) is 36.8. The molecule has 18 nitrogen and oxygen atoms in total. The summed E-state index contributed by atoms with van der Waals surface area (Å²) in [6.07, 6.45) is -1.45. The second kappa shape index (κ2) is 13.5. The first-order valence-corrected chi connectivity index (χ1v) is 15.4. The van der Waals surface area contributed by atoms with Crippen molar-refractivity contribution >= 4 is 59.7 Å². The molecule has 0 saturated carbocycles. The van der Waals surface area contributed by atoms with Crippen LogP contribution in [0.5, 0.6) is 11.5 Å². The van der Waals surface area contributed by atoms with E-state index in [1.165, 1.54) is 12.1 Å². The molecule has 0 bridgehead atoms. The molecule has 0 amide bonds. The Labute approximate surface area is 305 Å². The molecule has 2 heterocycles. The number of esters is 6. The van der Waals surface area contributed by atoms with Crippen molar-refractivity contribution in [3.8, 4) is 11.5 Å². The van der Waals surface area contributed by atoms with Crippen molar-refractivity contribution in [2.75, 3.05) is 0 Å². The van der Waals surface area contributed by atoms with E-state index in [1.807, 2.05) is 0 Å². The second-order valence-corrected chi connectivity index (χ2v) is 11.8. The van der Waals surface area contributed by atoms with Crippen LogP contribution in [0, 0.1) is 5.41 Å². The van der Waals surface area contributed by atoms with Crippen LogP contribution in [0.2, 0.25) is 0 Å². The van der Waals surface area contributed by atoms with Crippen molar-refractivity contribution in [2.45, 2.75) is 11.8 Å². The number of ether oxygens (including phenoxy) is 4. The molecule has 4 aromatic rings. The van der Waals surface area contributed by atoms with Gasteiger partial charge in [0.15, 0.2) is 0 Å². The van der Waals surface area contributed by atoms with Gasteiger partial charge in [-0.25, -0.2) is 28.8 Å². The van der Waals surface area contributed by atoms with Gasteiger partial charge in [-0.15, -0.1) is 0 Å². The lowest BCUT2D eigenvalue weighted by atomic mass is 9.54. The normalized spacial score (nSPS) is 13.2. The minimum atomic E-state index is -3.94. The molecule has 0 radical (unpaired) electrons. The molecule has 2 aliphatic heterocycles. The van der Waals surface area contributed by atoms with E-state index >= 15 is 0 Å². The predicted molar refractivity (Wildman–Crippen MR) is 174 cm³/mol. The number of cyclic esters (lactones) is 4. The summed E-state index contributed by atoms with van der Waals surface area (Å²) in [6, 6.07) is 14.5. The van der Waals surface area contributed by atoms with Gasteiger partial charge >= 0.3 is 59.7 Å². The Balaban J connectivity index is 1.39. The molecule has 276 valence electrons. The Bertz CT molecular complexity index is 2250. The molecule has 0 atom stereocenters. The van der Waals surface area contributed by atoms with Gasteiger partial charge in [0, 0.05) is 0 Å². The lowest BCUT2D eigenvalue weighted by Crippen LogP contribution is -2.62. The summed E-state index contributed by atoms with van der Waals surface area (Å²) < 4.78 is 19.6. The number of carboxylic acids is 4. The van der Waals surface area contributed by atoms with Crippen LogP contribution in [0.1, 0.15) is 79.7 Å². The van der Waals surface area contributed by atoms with E-state index in [4.69, 9.17) is 9.47 Å². The van der Waals surface area contributed by atoms with Crippen LogP contribution in [0.4, 0.5) is 0 Å². The average molecular weight is 753 g/mol. The van der Waals surface area contributed by atoms with Gasteiger partial charge in [0.1, 0.15) is 11.5 Å². The summed E-state index contributed by atoms with van der Waals surface area (Å²) in [5.74, 6) is -15.7. The number of hydrogen-bond acceptors (Lipinski definition) is 14. The Kier molecular flexibility index (Phi) is 9.03. The third kappa shape index (κ3) is 5.98. The summed E-state index contributed by atoms with van der Waals surface area (Å²) in [7, 11) is 0. The topological polar surface area (TPSA) is 289 Å². The van der Waals surface area contributed by atoms with Gasteiger partial charge in [-0.3, -0.25) is 19.2 Å². The van der Waals surface area contributed by atoms with Gasteiger partial charge in [-0.05, 0) is 71.8 Å². The quantitative estimate of drug-likeness (QED) is 0.0919. The molecule has 18 heteroatoms. The number of hydrogen-bond donors (Lipinski definition) is 4. The zero-order valence-corrected chi connectivity index (χ0v) is 27.3. The van der Waals surface area contributed by atoms with E-state index in [9.17, 15) is 68.4 Å². The number of fused-ring (bicyclic) bond motifs is 2. The minimum Gasteiger partial charge on any atom is -0.481 e. The third-order valence-electron chi connectivity index (χ3n) is 8.90. The number of benzene rings is 4. The van der Waals surface area contributed by atoms with Crippen LogP contribution in [-0.4, -0.2) is 80.1 Å². The summed E-state index contributed by atoms with van der Waals surface area (Å²) in [5, 5.41) is 41.1. The molecule has 0 unspecified atom stereocenters. The SMILES string of the molecule is O=C(O)CC(c1ccc(OC(=O)c2ccc3c(c2)C(=O)OC3=O)cc1)(c1ccc(OC(=O)c2ccc3c(c2)C(=O)OC3=O)cc1)C(C(=O)O)(C(=O)O)C(=O)O. The molecule has 2 aliphatic rings. The van der Waals surface area contributed by atoms with Crippen molar-refractivity contribution in [1.29, 1.82) is 0 Å². The molecule has 0 spiro atoms. The molecular weight excluding hydrogens is 732 g/mol. The molecular formula is C37H20O18. The van der Waals surface area contributed by atoms with Crippen molar-refractivity contribution in [3.05, 3.63) is 129 Å². The summed E-state index contributed by atoms with van der Waals surface area (Å²) in [6.45, 7) is 0. The van der Waals surface area contributed by atoms with Crippen LogP contribution in [0.25, 0.3) is 0 Å². The maximum atomic E-state index is 12.9. The highest BCUT2D eigenvalue weighted by atomic mass is 16.6. The van der Waals surface area contributed by atoms with Crippen LogP contribution >= 0.6 is 0 Å². The highest BCUT2D eigenvalue weighted by molar-refractivity contribution is 6.19. The summed E-state index contributed by atoms with van der Waals surface area (Å²) >= 11 is 0. The van der Waals surface area contributed by atoms with Crippen LogP contribution < -0.4 is 9.47 Å².